The van der Waals surface area contributed by atoms with E-state index in [2.05, 4.69) is 30.5 Å². The van der Waals surface area contributed by atoms with Gasteiger partial charge in [-0.2, -0.15) is 0 Å². The molecule has 1 aliphatic rings. The van der Waals surface area contributed by atoms with E-state index in [-0.39, 0.29) is 17.9 Å². The molecule has 1 saturated heterocycles. The van der Waals surface area contributed by atoms with E-state index >= 15 is 0 Å². The summed E-state index contributed by atoms with van der Waals surface area (Å²) in [7, 11) is 0. The van der Waals surface area contributed by atoms with E-state index in [4.69, 9.17) is 0 Å². The second-order valence-corrected chi connectivity index (χ2v) is 6.34. The lowest BCUT2D eigenvalue weighted by atomic mass is 9.98. The molecule has 22 heavy (non-hydrogen) atoms. The lowest BCUT2D eigenvalue weighted by molar-refractivity contribution is -0.907. The van der Waals surface area contributed by atoms with E-state index in [1.165, 1.54) is 0 Å². The number of quaternary nitrogens is 1. The molecule has 1 unspecified atom stereocenters. The van der Waals surface area contributed by atoms with Crippen LogP contribution < -0.4 is 15.5 Å². The molecular formula is C17H26N3O2+. The van der Waals surface area contributed by atoms with Gasteiger partial charge in [0.1, 0.15) is 0 Å². The standard InChI is InChI=1S/C17H25N3O2/c1-11(2)14-7-5-6-12(3)16(14)19-17(22)13(4)20-9-8-18-15(21)10-20/h5-7,11,13H,8-10H2,1-4H3,(H,18,21)(H,19,22)/p+1/t13-/m1/s1. The summed E-state index contributed by atoms with van der Waals surface area (Å²) in [5, 5.41) is 5.88. The van der Waals surface area contributed by atoms with Gasteiger partial charge in [0.25, 0.3) is 11.8 Å². The molecule has 0 spiro atoms. The average molecular weight is 304 g/mol. The lowest BCUT2D eigenvalue weighted by Crippen LogP contribution is -3.19. The molecule has 5 nitrogen and oxygen atoms in total. The highest BCUT2D eigenvalue weighted by atomic mass is 16.2. The van der Waals surface area contributed by atoms with Crippen LogP contribution in [0.5, 0.6) is 0 Å². The highest BCUT2D eigenvalue weighted by molar-refractivity contribution is 5.95. The van der Waals surface area contributed by atoms with E-state index in [1.54, 1.807) is 0 Å². The SMILES string of the molecule is Cc1cccc(C(C)C)c1NC(=O)[C@@H](C)[NH+]1CCNC(=O)C1. The Morgan fingerprint density at radius 1 is 1.32 bits per heavy atom. The molecule has 1 fully saturated rings. The van der Waals surface area contributed by atoms with E-state index < -0.39 is 0 Å². The smallest absolute Gasteiger partial charge is 0.282 e. The van der Waals surface area contributed by atoms with E-state index in [0.29, 0.717) is 19.0 Å². The Morgan fingerprint density at radius 3 is 2.68 bits per heavy atom. The molecule has 0 saturated carbocycles. The molecule has 1 aliphatic heterocycles. The van der Waals surface area contributed by atoms with Gasteiger partial charge < -0.3 is 15.5 Å². The maximum absolute atomic E-state index is 12.6. The summed E-state index contributed by atoms with van der Waals surface area (Å²) >= 11 is 0. The van der Waals surface area contributed by atoms with E-state index in [0.717, 1.165) is 28.3 Å². The van der Waals surface area contributed by atoms with Crippen LogP contribution in [-0.2, 0) is 9.59 Å². The Kier molecular flexibility index (Phi) is 5.19. The van der Waals surface area contributed by atoms with Crippen molar-refractivity contribution >= 4 is 17.5 Å². The molecule has 0 radical (unpaired) electrons. The second-order valence-electron chi connectivity index (χ2n) is 6.34. The fourth-order valence-electron chi connectivity index (χ4n) is 2.85. The third-order valence-electron chi connectivity index (χ3n) is 4.34. The maximum Gasteiger partial charge on any atom is 0.282 e. The van der Waals surface area contributed by atoms with Crippen LogP contribution in [0.15, 0.2) is 18.2 Å². The number of benzene rings is 1. The molecule has 1 heterocycles. The first kappa shape index (κ1) is 16.5. The van der Waals surface area contributed by atoms with Crippen LogP contribution in [0.1, 0.15) is 37.8 Å². The number of piperazine rings is 1. The summed E-state index contributed by atoms with van der Waals surface area (Å²) in [6.07, 6.45) is 0. The predicted octanol–water partition coefficient (Wildman–Crippen LogP) is 0.460. The third-order valence-corrected chi connectivity index (χ3v) is 4.34. The number of amides is 2. The lowest BCUT2D eigenvalue weighted by Gasteiger charge is -2.28. The number of hydrogen-bond acceptors (Lipinski definition) is 2. The van der Waals surface area contributed by atoms with Crippen molar-refractivity contribution < 1.29 is 14.5 Å². The second kappa shape index (κ2) is 6.92. The predicted molar refractivity (Wildman–Crippen MR) is 87.1 cm³/mol. The van der Waals surface area contributed by atoms with Crippen molar-refractivity contribution in [2.45, 2.75) is 39.7 Å². The fourth-order valence-corrected chi connectivity index (χ4v) is 2.85. The van der Waals surface area contributed by atoms with Crippen LogP contribution in [0.2, 0.25) is 0 Å². The third kappa shape index (κ3) is 3.65. The molecule has 120 valence electrons. The maximum atomic E-state index is 12.6. The Morgan fingerprint density at radius 2 is 2.05 bits per heavy atom. The molecule has 1 aromatic carbocycles. The van der Waals surface area contributed by atoms with Crippen molar-refractivity contribution in [3.8, 4) is 0 Å². The fraction of sp³-hybridized carbons (Fsp3) is 0.529. The quantitative estimate of drug-likeness (QED) is 0.757. The van der Waals surface area contributed by atoms with Crippen molar-refractivity contribution in [1.82, 2.24) is 5.32 Å². The van der Waals surface area contributed by atoms with E-state index in [9.17, 15) is 9.59 Å². The minimum Gasteiger partial charge on any atom is -0.346 e. The molecule has 0 aromatic heterocycles. The topological polar surface area (TPSA) is 62.6 Å². The van der Waals surface area contributed by atoms with Gasteiger partial charge in [-0.3, -0.25) is 9.59 Å². The highest BCUT2D eigenvalue weighted by Crippen LogP contribution is 2.27. The van der Waals surface area contributed by atoms with Crippen molar-refractivity contribution in [2.24, 2.45) is 0 Å². The number of anilines is 1. The molecule has 0 aliphatic carbocycles. The average Bonchev–Trinajstić information content (AvgIpc) is 2.48. The first-order valence-electron chi connectivity index (χ1n) is 7.91. The summed E-state index contributed by atoms with van der Waals surface area (Å²) in [6, 6.07) is 5.84. The molecular weight excluding hydrogens is 278 g/mol. The summed E-state index contributed by atoms with van der Waals surface area (Å²) in [6.45, 7) is 9.91. The van der Waals surface area contributed by atoms with Gasteiger partial charge in [-0.05, 0) is 30.9 Å². The molecule has 2 rings (SSSR count). The van der Waals surface area contributed by atoms with Crippen molar-refractivity contribution in [3.05, 3.63) is 29.3 Å². The first-order valence-corrected chi connectivity index (χ1v) is 7.91. The molecule has 3 N–H and O–H groups in total. The zero-order valence-electron chi connectivity index (χ0n) is 13.8. The van der Waals surface area contributed by atoms with Crippen LogP contribution in [0.4, 0.5) is 5.69 Å². The molecule has 2 amide bonds. The summed E-state index contributed by atoms with van der Waals surface area (Å²) in [5.41, 5.74) is 3.13. The van der Waals surface area contributed by atoms with Gasteiger partial charge in [0, 0.05) is 5.69 Å². The Bertz CT molecular complexity index is 569. The number of carbonyl (C=O) groups excluding carboxylic acids is 2. The minimum atomic E-state index is -0.245. The van der Waals surface area contributed by atoms with Crippen molar-refractivity contribution in [1.29, 1.82) is 0 Å². The number of hydrogen-bond donors (Lipinski definition) is 3. The molecule has 5 heteroatoms. The summed E-state index contributed by atoms with van der Waals surface area (Å²) in [5.74, 6) is 0.333. The van der Waals surface area contributed by atoms with Gasteiger partial charge >= 0.3 is 0 Å². The van der Waals surface area contributed by atoms with Gasteiger partial charge in [-0.25, -0.2) is 0 Å². The van der Waals surface area contributed by atoms with Gasteiger partial charge in [-0.1, -0.05) is 32.0 Å². The van der Waals surface area contributed by atoms with Crippen molar-refractivity contribution in [2.75, 3.05) is 25.0 Å². The Balaban J connectivity index is 2.13. The van der Waals surface area contributed by atoms with Gasteiger partial charge in [0.15, 0.2) is 12.6 Å². The van der Waals surface area contributed by atoms with Crippen LogP contribution >= 0.6 is 0 Å². The number of para-hydroxylation sites is 1. The van der Waals surface area contributed by atoms with Gasteiger partial charge in [-0.15, -0.1) is 0 Å². The monoisotopic (exact) mass is 304 g/mol. The molecule has 0 bridgehead atoms. The van der Waals surface area contributed by atoms with Crippen molar-refractivity contribution in [3.63, 3.8) is 0 Å². The van der Waals surface area contributed by atoms with Crippen LogP contribution in [0.3, 0.4) is 0 Å². The summed E-state index contributed by atoms with van der Waals surface area (Å²) in [4.78, 5) is 25.1. The molecule has 2 atom stereocenters. The Hall–Kier alpha value is -1.88. The number of nitrogens with one attached hydrogen (secondary N) is 3. The van der Waals surface area contributed by atoms with E-state index in [1.807, 2.05) is 26.0 Å². The van der Waals surface area contributed by atoms with Gasteiger partial charge in [0.2, 0.25) is 0 Å². The van der Waals surface area contributed by atoms with Crippen LogP contribution in [0.25, 0.3) is 0 Å². The molecule has 1 aromatic rings. The number of aryl methyl sites for hydroxylation is 1. The highest BCUT2D eigenvalue weighted by Gasteiger charge is 2.30. The largest absolute Gasteiger partial charge is 0.346 e. The zero-order chi connectivity index (χ0) is 16.3. The number of rotatable bonds is 4. The number of carbonyl (C=O) groups is 2. The van der Waals surface area contributed by atoms with Crippen LogP contribution in [0, 0.1) is 6.92 Å². The zero-order valence-corrected chi connectivity index (χ0v) is 13.8. The first-order chi connectivity index (χ1) is 10.4. The van der Waals surface area contributed by atoms with Crippen LogP contribution in [-0.4, -0.2) is 37.5 Å². The summed E-state index contributed by atoms with van der Waals surface area (Å²) < 4.78 is 0. The van der Waals surface area contributed by atoms with Gasteiger partial charge in [0.05, 0.1) is 13.1 Å². The normalized spacial score (nSPS) is 19.7. The minimum absolute atomic E-state index is 0.0136. The Labute approximate surface area is 132 Å².